The predicted molar refractivity (Wildman–Crippen MR) is 112 cm³/mol. The van der Waals surface area contributed by atoms with Gasteiger partial charge in [0.15, 0.2) is 12.4 Å². The largest absolute Gasteiger partial charge is 0.495 e. The van der Waals surface area contributed by atoms with Crippen molar-refractivity contribution in [2.45, 2.75) is 32.6 Å². The molecule has 6 nitrogen and oxygen atoms in total. The molecule has 0 radical (unpaired) electrons. The van der Waals surface area contributed by atoms with E-state index in [4.69, 9.17) is 21.1 Å². The van der Waals surface area contributed by atoms with E-state index in [2.05, 4.69) is 12.2 Å². The van der Waals surface area contributed by atoms with Gasteiger partial charge in [-0.2, -0.15) is 0 Å². The van der Waals surface area contributed by atoms with Gasteiger partial charge in [0.25, 0.3) is 5.91 Å². The van der Waals surface area contributed by atoms with Crippen molar-refractivity contribution < 1.29 is 23.9 Å². The molecule has 0 bridgehead atoms. The zero-order valence-electron chi connectivity index (χ0n) is 16.5. The van der Waals surface area contributed by atoms with E-state index in [1.165, 1.54) is 18.7 Å². The molecule has 2 aromatic rings. The first kappa shape index (κ1) is 22.4. The van der Waals surface area contributed by atoms with Crippen LogP contribution in [-0.4, -0.2) is 31.4 Å². The van der Waals surface area contributed by atoms with Crippen molar-refractivity contribution in [3.8, 4) is 5.75 Å². The van der Waals surface area contributed by atoms with E-state index in [9.17, 15) is 14.4 Å². The number of hydrogen-bond acceptors (Lipinski definition) is 5. The number of ether oxygens (including phenoxy) is 2. The molecule has 0 spiro atoms. The van der Waals surface area contributed by atoms with Gasteiger partial charge in [-0.3, -0.25) is 14.4 Å². The summed E-state index contributed by atoms with van der Waals surface area (Å²) >= 11 is 5.99. The monoisotopic (exact) mass is 417 g/mol. The van der Waals surface area contributed by atoms with Crippen LogP contribution in [0.4, 0.5) is 5.69 Å². The molecule has 0 aliphatic rings. The van der Waals surface area contributed by atoms with E-state index < -0.39 is 18.5 Å². The molecular weight excluding hydrogens is 394 g/mol. The average Bonchev–Trinajstić information content (AvgIpc) is 2.71. The van der Waals surface area contributed by atoms with Gasteiger partial charge in [0.05, 0.1) is 18.6 Å². The second-order valence-corrected chi connectivity index (χ2v) is 6.84. The van der Waals surface area contributed by atoms with Crippen molar-refractivity contribution in [1.82, 2.24) is 0 Å². The summed E-state index contributed by atoms with van der Waals surface area (Å²) in [6.45, 7) is 1.65. The van der Waals surface area contributed by atoms with E-state index in [0.29, 0.717) is 22.0 Å². The lowest BCUT2D eigenvalue weighted by Crippen LogP contribution is -2.21. The van der Waals surface area contributed by atoms with Crippen LogP contribution < -0.4 is 10.1 Å². The molecule has 29 heavy (non-hydrogen) atoms. The summed E-state index contributed by atoms with van der Waals surface area (Å²) in [6.07, 6.45) is 1.95. The summed E-state index contributed by atoms with van der Waals surface area (Å²) in [5, 5.41) is 2.92. The maximum Gasteiger partial charge on any atom is 0.306 e. The van der Waals surface area contributed by atoms with Crippen molar-refractivity contribution >= 4 is 34.9 Å². The summed E-state index contributed by atoms with van der Waals surface area (Å²) < 4.78 is 9.96. The third-order valence-electron chi connectivity index (χ3n) is 4.17. The number of carbonyl (C=O) groups excluding carboxylic acids is 3. The van der Waals surface area contributed by atoms with Crippen molar-refractivity contribution in [3.63, 3.8) is 0 Å². The zero-order chi connectivity index (χ0) is 21.2. The number of carbonyl (C=O) groups is 3. The number of hydrogen-bond donors (Lipinski definition) is 1. The van der Waals surface area contributed by atoms with Crippen LogP contribution in [0.1, 0.15) is 42.1 Å². The molecule has 7 heteroatoms. The molecule has 0 aliphatic heterocycles. The van der Waals surface area contributed by atoms with Gasteiger partial charge in [0, 0.05) is 17.7 Å². The Morgan fingerprint density at radius 1 is 1.03 bits per heavy atom. The van der Waals surface area contributed by atoms with Crippen molar-refractivity contribution in [3.05, 3.63) is 58.6 Å². The Bertz CT molecular complexity index is 864. The Labute approximate surface area is 175 Å². The molecule has 0 saturated heterocycles. The fourth-order valence-corrected chi connectivity index (χ4v) is 2.92. The Morgan fingerprint density at radius 3 is 2.38 bits per heavy atom. The van der Waals surface area contributed by atoms with Gasteiger partial charge in [-0.1, -0.05) is 49.2 Å². The number of nitrogens with one attached hydrogen (secondary N) is 1. The van der Waals surface area contributed by atoms with Gasteiger partial charge in [-0.25, -0.2) is 0 Å². The molecule has 0 unspecified atom stereocenters. The number of ketones is 1. The molecular formula is C22H24ClNO5. The number of esters is 1. The van der Waals surface area contributed by atoms with Crippen LogP contribution in [0.2, 0.25) is 5.02 Å². The summed E-state index contributed by atoms with van der Waals surface area (Å²) in [5.41, 5.74) is 2.19. The SMILES string of the molecule is CCCc1ccc(C(=O)CCC(=O)OCC(=O)Nc2ccc(OC)c(Cl)c2)cc1. The minimum absolute atomic E-state index is 0.0294. The number of amides is 1. The number of Topliss-reactive ketones (excluding diaryl/α,β-unsaturated/α-hetero) is 1. The summed E-state index contributed by atoms with van der Waals surface area (Å²) in [7, 11) is 1.49. The highest BCUT2D eigenvalue weighted by Crippen LogP contribution is 2.27. The number of methoxy groups -OCH3 is 1. The first-order valence-corrected chi connectivity index (χ1v) is 9.72. The van der Waals surface area contributed by atoms with Gasteiger partial charge in [-0.05, 0) is 30.2 Å². The highest BCUT2D eigenvalue weighted by atomic mass is 35.5. The van der Waals surface area contributed by atoms with Gasteiger partial charge < -0.3 is 14.8 Å². The lowest BCUT2D eigenvalue weighted by atomic mass is 10.0. The smallest absolute Gasteiger partial charge is 0.306 e. The number of anilines is 1. The van der Waals surface area contributed by atoms with Crippen LogP contribution in [0.3, 0.4) is 0 Å². The molecule has 0 fully saturated rings. The van der Waals surface area contributed by atoms with Gasteiger partial charge >= 0.3 is 5.97 Å². The van der Waals surface area contributed by atoms with Gasteiger partial charge in [0.2, 0.25) is 0 Å². The lowest BCUT2D eigenvalue weighted by molar-refractivity contribution is -0.147. The van der Waals surface area contributed by atoms with Crippen LogP contribution in [0.15, 0.2) is 42.5 Å². The topological polar surface area (TPSA) is 81.7 Å². The second kappa shape index (κ2) is 11.2. The molecule has 0 heterocycles. The van der Waals surface area contributed by atoms with Crippen LogP contribution in [0.5, 0.6) is 5.75 Å². The van der Waals surface area contributed by atoms with Gasteiger partial charge in [0.1, 0.15) is 5.75 Å². The Kier molecular flexibility index (Phi) is 8.68. The molecule has 1 amide bonds. The molecule has 0 aromatic heterocycles. The number of benzene rings is 2. The van der Waals surface area contributed by atoms with Crippen LogP contribution in [0.25, 0.3) is 0 Å². The Hall–Kier alpha value is -2.86. The van der Waals surface area contributed by atoms with Crippen LogP contribution in [0, 0.1) is 0 Å². The molecule has 0 aliphatic carbocycles. The average molecular weight is 418 g/mol. The van der Waals surface area contributed by atoms with E-state index in [0.717, 1.165) is 12.8 Å². The third-order valence-corrected chi connectivity index (χ3v) is 4.47. The van der Waals surface area contributed by atoms with Crippen molar-refractivity contribution in [2.24, 2.45) is 0 Å². The predicted octanol–water partition coefficient (Wildman–Crippen LogP) is 4.45. The van der Waals surface area contributed by atoms with E-state index in [-0.39, 0.29) is 18.6 Å². The molecule has 154 valence electrons. The quantitative estimate of drug-likeness (QED) is 0.456. The van der Waals surface area contributed by atoms with E-state index >= 15 is 0 Å². The van der Waals surface area contributed by atoms with Crippen molar-refractivity contribution in [2.75, 3.05) is 19.0 Å². The maximum absolute atomic E-state index is 12.2. The minimum atomic E-state index is -0.608. The highest BCUT2D eigenvalue weighted by Gasteiger charge is 2.13. The standard InChI is InChI=1S/C22H24ClNO5/c1-3-4-15-5-7-16(8-6-15)19(25)10-12-22(27)29-14-21(26)24-17-9-11-20(28-2)18(23)13-17/h5-9,11,13H,3-4,10,12,14H2,1-2H3,(H,24,26). The first-order chi connectivity index (χ1) is 13.9. The molecule has 2 rings (SSSR count). The fourth-order valence-electron chi connectivity index (χ4n) is 2.67. The lowest BCUT2D eigenvalue weighted by Gasteiger charge is -2.08. The normalized spacial score (nSPS) is 10.3. The van der Waals surface area contributed by atoms with Crippen LogP contribution >= 0.6 is 11.6 Å². The molecule has 0 saturated carbocycles. The van der Waals surface area contributed by atoms with Gasteiger partial charge in [-0.15, -0.1) is 0 Å². The zero-order valence-corrected chi connectivity index (χ0v) is 17.3. The first-order valence-electron chi connectivity index (χ1n) is 9.34. The maximum atomic E-state index is 12.2. The Balaban J connectivity index is 1.74. The minimum Gasteiger partial charge on any atom is -0.495 e. The fraction of sp³-hybridized carbons (Fsp3) is 0.318. The molecule has 0 atom stereocenters. The van der Waals surface area contributed by atoms with Crippen LogP contribution in [-0.2, 0) is 20.7 Å². The number of rotatable bonds is 10. The Morgan fingerprint density at radius 2 is 1.76 bits per heavy atom. The summed E-state index contributed by atoms with van der Waals surface area (Å²) in [5.74, 6) is -0.760. The van der Waals surface area contributed by atoms with Crippen molar-refractivity contribution in [1.29, 1.82) is 0 Å². The summed E-state index contributed by atoms with van der Waals surface area (Å²) in [6, 6.07) is 12.2. The molecule has 2 aromatic carbocycles. The summed E-state index contributed by atoms with van der Waals surface area (Å²) in [4.78, 5) is 35.9. The second-order valence-electron chi connectivity index (χ2n) is 6.43. The van der Waals surface area contributed by atoms with E-state index in [1.54, 1.807) is 24.3 Å². The van der Waals surface area contributed by atoms with E-state index in [1.807, 2.05) is 12.1 Å². The number of aryl methyl sites for hydroxylation is 1. The highest BCUT2D eigenvalue weighted by molar-refractivity contribution is 6.32. The molecule has 1 N–H and O–H groups in total. The number of halogens is 1. The third kappa shape index (κ3) is 7.23.